The molecule has 0 bridgehead atoms. The van der Waals surface area contributed by atoms with Gasteiger partial charge in [-0.1, -0.05) is 30.3 Å². The lowest BCUT2D eigenvalue weighted by Gasteiger charge is -2.15. The molecular formula is C14H15N3O3S. The third-order valence-electron chi connectivity index (χ3n) is 2.80. The molecule has 0 aliphatic carbocycles. The number of hydrogen-bond acceptors (Lipinski definition) is 4. The Morgan fingerprint density at radius 1 is 1.29 bits per heavy atom. The van der Waals surface area contributed by atoms with Gasteiger partial charge in [0, 0.05) is 11.8 Å². The molecule has 0 aliphatic heterocycles. The Balaban J connectivity index is 1.87. The summed E-state index contributed by atoms with van der Waals surface area (Å²) in [5.74, 6) is -1.07. The van der Waals surface area contributed by atoms with Crippen LogP contribution in [0.1, 0.15) is 11.3 Å². The van der Waals surface area contributed by atoms with Gasteiger partial charge in [0.05, 0.1) is 17.7 Å². The second kappa shape index (κ2) is 7.39. The molecule has 21 heavy (non-hydrogen) atoms. The average Bonchev–Trinajstić information content (AvgIpc) is 2.99. The molecule has 0 saturated carbocycles. The van der Waals surface area contributed by atoms with Crippen molar-refractivity contribution in [2.24, 2.45) is 0 Å². The van der Waals surface area contributed by atoms with Crippen molar-refractivity contribution in [2.75, 3.05) is 0 Å². The van der Waals surface area contributed by atoms with Gasteiger partial charge in [-0.15, -0.1) is 11.3 Å². The van der Waals surface area contributed by atoms with Crippen LogP contribution in [0.5, 0.6) is 0 Å². The summed E-state index contributed by atoms with van der Waals surface area (Å²) in [4.78, 5) is 27.0. The maximum atomic E-state index is 11.7. The minimum atomic E-state index is -1.07. The largest absolute Gasteiger partial charge is 0.480 e. The zero-order chi connectivity index (χ0) is 15.1. The van der Waals surface area contributed by atoms with Gasteiger partial charge in [0.25, 0.3) is 0 Å². The number of carbonyl (C=O) groups excluding carboxylic acids is 1. The Morgan fingerprint density at radius 2 is 2.05 bits per heavy atom. The molecule has 0 spiro atoms. The average molecular weight is 305 g/mol. The fourth-order valence-corrected chi connectivity index (χ4v) is 2.31. The van der Waals surface area contributed by atoms with Gasteiger partial charge in [-0.2, -0.15) is 0 Å². The van der Waals surface area contributed by atoms with E-state index in [0.717, 1.165) is 11.3 Å². The zero-order valence-electron chi connectivity index (χ0n) is 11.2. The van der Waals surface area contributed by atoms with Crippen molar-refractivity contribution >= 4 is 23.3 Å². The summed E-state index contributed by atoms with van der Waals surface area (Å²) in [6, 6.07) is 7.67. The van der Waals surface area contributed by atoms with Crippen molar-refractivity contribution < 1.29 is 14.7 Å². The first kappa shape index (κ1) is 15.0. The van der Waals surface area contributed by atoms with Gasteiger partial charge in [0.2, 0.25) is 0 Å². The second-order valence-electron chi connectivity index (χ2n) is 4.39. The van der Waals surface area contributed by atoms with E-state index in [9.17, 15) is 14.7 Å². The summed E-state index contributed by atoms with van der Waals surface area (Å²) in [5.41, 5.74) is 3.26. The summed E-state index contributed by atoms with van der Waals surface area (Å²) in [5, 5.41) is 16.0. The summed E-state index contributed by atoms with van der Waals surface area (Å²) in [6.07, 6.45) is 0.236. The number of aliphatic carboxylic acids is 1. The summed E-state index contributed by atoms with van der Waals surface area (Å²) < 4.78 is 0. The Kier molecular flexibility index (Phi) is 5.28. The lowest BCUT2D eigenvalue weighted by Crippen LogP contribution is -2.46. The fraction of sp³-hybridized carbons (Fsp3) is 0.214. The van der Waals surface area contributed by atoms with E-state index in [1.54, 1.807) is 5.51 Å². The highest BCUT2D eigenvalue weighted by atomic mass is 32.1. The molecule has 0 aliphatic rings. The highest BCUT2D eigenvalue weighted by Crippen LogP contribution is 2.04. The molecule has 1 aromatic heterocycles. The zero-order valence-corrected chi connectivity index (χ0v) is 12.0. The highest BCUT2D eigenvalue weighted by molar-refractivity contribution is 7.07. The first-order chi connectivity index (χ1) is 10.1. The lowest BCUT2D eigenvalue weighted by molar-refractivity contribution is -0.139. The molecule has 2 amide bonds. The number of benzene rings is 1. The van der Waals surface area contributed by atoms with Crippen LogP contribution in [0, 0.1) is 0 Å². The van der Waals surface area contributed by atoms with Crippen LogP contribution in [0.2, 0.25) is 0 Å². The molecule has 0 saturated heterocycles. The fourth-order valence-electron chi connectivity index (χ4n) is 1.75. The number of rotatable bonds is 6. The van der Waals surface area contributed by atoms with Crippen LogP contribution in [-0.2, 0) is 17.8 Å². The minimum Gasteiger partial charge on any atom is -0.480 e. The molecule has 1 heterocycles. The molecule has 2 rings (SSSR count). The van der Waals surface area contributed by atoms with Crippen molar-refractivity contribution in [3.8, 4) is 0 Å². The number of carbonyl (C=O) groups is 2. The van der Waals surface area contributed by atoms with Crippen LogP contribution in [0.15, 0.2) is 41.2 Å². The van der Waals surface area contributed by atoms with E-state index < -0.39 is 18.0 Å². The normalized spacial score (nSPS) is 11.6. The van der Waals surface area contributed by atoms with E-state index in [4.69, 9.17) is 0 Å². The number of urea groups is 1. The van der Waals surface area contributed by atoms with E-state index in [2.05, 4.69) is 15.6 Å². The van der Waals surface area contributed by atoms with Crippen LogP contribution in [0.25, 0.3) is 0 Å². The lowest BCUT2D eigenvalue weighted by atomic mass is 10.1. The topological polar surface area (TPSA) is 91.3 Å². The first-order valence-electron chi connectivity index (χ1n) is 6.33. The molecule has 6 nitrogen and oxygen atoms in total. The Hall–Kier alpha value is -2.41. The van der Waals surface area contributed by atoms with E-state index in [-0.39, 0.29) is 13.0 Å². The Bertz CT molecular complexity index is 587. The third kappa shape index (κ3) is 4.88. The van der Waals surface area contributed by atoms with Crippen molar-refractivity contribution in [1.82, 2.24) is 15.6 Å². The van der Waals surface area contributed by atoms with Crippen LogP contribution < -0.4 is 10.6 Å². The molecule has 0 radical (unpaired) electrons. The monoisotopic (exact) mass is 305 g/mol. The van der Waals surface area contributed by atoms with Gasteiger partial charge in [-0.3, -0.25) is 0 Å². The van der Waals surface area contributed by atoms with Crippen molar-refractivity contribution in [2.45, 2.75) is 19.0 Å². The highest BCUT2D eigenvalue weighted by Gasteiger charge is 2.20. The smallest absolute Gasteiger partial charge is 0.326 e. The summed E-state index contributed by atoms with van der Waals surface area (Å²) in [7, 11) is 0. The summed E-state index contributed by atoms with van der Waals surface area (Å²) in [6.45, 7) is 0.271. The minimum absolute atomic E-state index is 0.236. The molecular weight excluding hydrogens is 290 g/mol. The Morgan fingerprint density at radius 3 is 2.67 bits per heavy atom. The second-order valence-corrected chi connectivity index (χ2v) is 5.11. The van der Waals surface area contributed by atoms with Crippen molar-refractivity contribution in [1.29, 1.82) is 0 Å². The molecule has 1 aromatic carbocycles. The van der Waals surface area contributed by atoms with Gasteiger partial charge in [-0.05, 0) is 5.56 Å². The number of hydrogen-bond donors (Lipinski definition) is 3. The molecule has 1 unspecified atom stereocenters. The SMILES string of the molecule is O=C(NCc1cscn1)NC(Cc1ccccc1)C(=O)O. The number of nitrogens with zero attached hydrogens (tertiary/aromatic N) is 1. The maximum Gasteiger partial charge on any atom is 0.326 e. The Labute approximate surface area is 125 Å². The molecule has 7 heteroatoms. The number of thiazole rings is 1. The molecule has 110 valence electrons. The van der Waals surface area contributed by atoms with Gasteiger partial charge in [-0.25, -0.2) is 14.6 Å². The van der Waals surface area contributed by atoms with E-state index >= 15 is 0 Å². The van der Waals surface area contributed by atoms with Crippen molar-refractivity contribution in [3.05, 3.63) is 52.5 Å². The van der Waals surface area contributed by atoms with Gasteiger partial charge in [0.15, 0.2) is 0 Å². The van der Waals surface area contributed by atoms with Gasteiger partial charge >= 0.3 is 12.0 Å². The van der Waals surface area contributed by atoms with Gasteiger partial charge < -0.3 is 15.7 Å². The summed E-state index contributed by atoms with van der Waals surface area (Å²) >= 11 is 1.43. The van der Waals surface area contributed by atoms with E-state index in [1.165, 1.54) is 11.3 Å². The molecule has 1 atom stereocenters. The van der Waals surface area contributed by atoms with E-state index in [0.29, 0.717) is 0 Å². The van der Waals surface area contributed by atoms with Crippen LogP contribution in [0.3, 0.4) is 0 Å². The number of aromatic nitrogens is 1. The number of carboxylic acid groups (broad SMARTS) is 1. The maximum absolute atomic E-state index is 11.7. The van der Waals surface area contributed by atoms with Crippen LogP contribution in [0.4, 0.5) is 4.79 Å². The molecule has 3 N–H and O–H groups in total. The standard InChI is InChI=1S/C14H15N3O3S/c18-13(19)12(6-10-4-2-1-3-5-10)17-14(20)15-7-11-8-21-9-16-11/h1-5,8-9,12H,6-7H2,(H,18,19)(H2,15,17,20). The third-order valence-corrected chi connectivity index (χ3v) is 3.43. The first-order valence-corrected chi connectivity index (χ1v) is 7.27. The van der Waals surface area contributed by atoms with Crippen molar-refractivity contribution in [3.63, 3.8) is 0 Å². The molecule has 0 fully saturated rings. The van der Waals surface area contributed by atoms with Crippen LogP contribution >= 0.6 is 11.3 Å². The number of carboxylic acids is 1. The number of nitrogens with one attached hydrogen (secondary N) is 2. The number of amides is 2. The quantitative estimate of drug-likeness (QED) is 0.756. The van der Waals surface area contributed by atoms with Gasteiger partial charge in [0.1, 0.15) is 6.04 Å². The van der Waals surface area contributed by atoms with E-state index in [1.807, 2.05) is 35.7 Å². The predicted octanol–water partition coefficient (Wildman–Crippen LogP) is 1.64. The van der Waals surface area contributed by atoms with Crippen LogP contribution in [-0.4, -0.2) is 28.1 Å². The molecule has 2 aromatic rings. The predicted molar refractivity (Wildman–Crippen MR) is 79.1 cm³/mol.